The maximum absolute atomic E-state index is 14.0. The lowest BCUT2D eigenvalue weighted by Gasteiger charge is -2.40. The van der Waals surface area contributed by atoms with Crippen LogP contribution in [0.3, 0.4) is 0 Å². The van der Waals surface area contributed by atoms with Gasteiger partial charge in [-0.3, -0.25) is 14.5 Å². The van der Waals surface area contributed by atoms with Gasteiger partial charge in [0.15, 0.2) is 0 Å². The molecule has 1 aromatic carbocycles. The molecule has 4 rings (SSSR count). The molecule has 2 fully saturated rings. The molecular weight excluding hydrogens is 327 g/mol. The second kappa shape index (κ2) is 7.12. The molecule has 0 aliphatic carbocycles. The van der Waals surface area contributed by atoms with Crippen molar-refractivity contribution in [1.29, 1.82) is 0 Å². The second-order valence-electron chi connectivity index (χ2n) is 8.25. The van der Waals surface area contributed by atoms with E-state index in [-0.39, 0.29) is 5.82 Å². The van der Waals surface area contributed by atoms with Gasteiger partial charge in [-0.2, -0.15) is 5.10 Å². The van der Waals surface area contributed by atoms with Gasteiger partial charge in [0.1, 0.15) is 5.82 Å². The molecule has 2 aliphatic rings. The average Bonchev–Trinajstić information content (AvgIpc) is 3.15. The summed E-state index contributed by atoms with van der Waals surface area (Å²) < 4.78 is 16.0. The fourth-order valence-corrected chi connectivity index (χ4v) is 4.75. The topological polar surface area (TPSA) is 24.3 Å². The Morgan fingerprint density at radius 2 is 1.77 bits per heavy atom. The van der Waals surface area contributed by atoms with E-state index in [4.69, 9.17) is 0 Å². The Morgan fingerprint density at radius 1 is 1.04 bits per heavy atom. The number of nitrogens with zero attached hydrogens (tertiary/aromatic N) is 4. The molecule has 2 saturated heterocycles. The monoisotopic (exact) mass is 356 g/mol. The van der Waals surface area contributed by atoms with Crippen molar-refractivity contribution in [2.24, 2.45) is 12.5 Å². The predicted octanol–water partition coefficient (Wildman–Crippen LogP) is 3.36. The van der Waals surface area contributed by atoms with Crippen LogP contribution in [0.4, 0.5) is 4.39 Å². The van der Waals surface area contributed by atoms with Crippen LogP contribution in [0.15, 0.2) is 30.5 Å². The number of likely N-dealkylation sites (tertiary alicyclic amines) is 2. The lowest BCUT2D eigenvalue weighted by Crippen LogP contribution is -2.44. The Morgan fingerprint density at radius 3 is 2.50 bits per heavy atom. The summed E-state index contributed by atoms with van der Waals surface area (Å²) in [4.78, 5) is 5.04. The SMILES string of the molecule is Cc1c(CN2CCC3(CCCN(Cc4ccccc4F)C3)C2)cnn1C. The molecule has 1 atom stereocenters. The zero-order valence-corrected chi connectivity index (χ0v) is 15.9. The molecule has 4 nitrogen and oxygen atoms in total. The summed E-state index contributed by atoms with van der Waals surface area (Å²) >= 11 is 0. The van der Waals surface area contributed by atoms with Gasteiger partial charge in [-0.25, -0.2) is 4.39 Å². The van der Waals surface area contributed by atoms with Gasteiger partial charge in [-0.05, 0) is 50.8 Å². The Bertz CT molecular complexity index is 771. The van der Waals surface area contributed by atoms with E-state index >= 15 is 0 Å². The number of aromatic nitrogens is 2. The van der Waals surface area contributed by atoms with Gasteiger partial charge in [0.25, 0.3) is 0 Å². The lowest BCUT2D eigenvalue weighted by molar-refractivity contribution is 0.0858. The van der Waals surface area contributed by atoms with Crippen LogP contribution in [0.1, 0.15) is 36.1 Å². The van der Waals surface area contributed by atoms with E-state index in [1.54, 1.807) is 12.1 Å². The fourth-order valence-electron chi connectivity index (χ4n) is 4.75. The van der Waals surface area contributed by atoms with E-state index in [0.717, 1.165) is 44.8 Å². The summed E-state index contributed by atoms with van der Waals surface area (Å²) in [7, 11) is 2.01. The number of benzene rings is 1. The largest absolute Gasteiger partial charge is 0.298 e. The summed E-state index contributed by atoms with van der Waals surface area (Å²) in [5.74, 6) is -0.0766. The summed E-state index contributed by atoms with van der Waals surface area (Å²) in [6.07, 6.45) is 5.77. The van der Waals surface area contributed by atoms with Gasteiger partial charge in [0, 0.05) is 50.0 Å². The molecule has 0 amide bonds. The van der Waals surface area contributed by atoms with Crippen LogP contribution in [0.25, 0.3) is 0 Å². The third kappa shape index (κ3) is 3.55. The van der Waals surface area contributed by atoms with Crippen molar-refractivity contribution >= 4 is 0 Å². The van der Waals surface area contributed by atoms with E-state index < -0.39 is 0 Å². The molecule has 0 bridgehead atoms. The van der Waals surface area contributed by atoms with Gasteiger partial charge in [-0.15, -0.1) is 0 Å². The Labute approximate surface area is 155 Å². The Kier molecular flexibility index (Phi) is 4.84. The van der Waals surface area contributed by atoms with Crippen LogP contribution in [-0.4, -0.2) is 45.8 Å². The third-order valence-corrected chi connectivity index (χ3v) is 6.34. The van der Waals surface area contributed by atoms with E-state index in [9.17, 15) is 4.39 Å². The maximum Gasteiger partial charge on any atom is 0.127 e. The summed E-state index contributed by atoms with van der Waals surface area (Å²) in [5, 5.41) is 4.38. The number of halogens is 1. The lowest BCUT2D eigenvalue weighted by atomic mass is 9.79. The first-order valence-electron chi connectivity index (χ1n) is 9.70. The Hall–Kier alpha value is -1.72. The first kappa shape index (κ1) is 17.7. The molecular formula is C21H29FN4. The number of aryl methyl sites for hydroxylation is 1. The zero-order chi connectivity index (χ0) is 18.1. The first-order chi connectivity index (χ1) is 12.5. The molecule has 2 aromatic rings. The van der Waals surface area contributed by atoms with Gasteiger partial charge < -0.3 is 0 Å². The van der Waals surface area contributed by atoms with Crippen molar-refractivity contribution in [3.8, 4) is 0 Å². The van der Waals surface area contributed by atoms with Gasteiger partial charge in [-0.1, -0.05) is 18.2 Å². The molecule has 2 aliphatic heterocycles. The molecule has 5 heteroatoms. The molecule has 0 radical (unpaired) electrons. The number of piperidine rings is 1. The molecule has 1 spiro atoms. The summed E-state index contributed by atoms with van der Waals surface area (Å²) in [6, 6.07) is 7.20. The van der Waals surface area contributed by atoms with E-state index in [2.05, 4.69) is 21.8 Å². The standard InChI is InChI=1S/C21H29FN4/c1-17-19(12-23-24(17)2)14-26-11-9-21(16-26)8-5-10-25(15-21)13-18-6-3-4-7-20(18)22/h3-4,6-7,12H,5,8-11,13-16H2,1-2H3. The molecule has 1 aromatic heterocycles. The van der Waals surface area contributed by atoms with Crippen LogP contribution in [0, 0.1) is 18.2 Å². The van der Waals surface area contributed by atoms with Crippen molar-refractivity contribution < 1.29 is 4.39 Å². The molecule has 140 valence electrons. The summed E-state index contributed by atoms with van der Waals surface area (Å²) in [5.41, 5.74) is 3.80. The predicted molar refractivity (Wildman–Crippen MR) is 101 cm³/mol. The van der Waals surface area contributed by atoms with Crippen LogP contribution >= 0.6 is 0 Å². The van der Waals surface area contributed by atoms with Crippen molar-refractivity contribution in [3.05, 3.63) is 53.1 Å². The zero-order valence-electron chi connectivity index (χ0n) is 15.9. The minimum Gasteiger partial charge on any atom is -0.298 e. The third-order valence-electron chi connectivity index (χ3n) is 6.34. The smallest absolute Gasteiger partial charge is 0.127 e. The van der Waals surface area contributed by atoms with Crippen molar-refractivity contribution in [2.45, 2.75) is 39.3 Å². The minimum absolute atomic E-state index is 0.0766. The van der Waals surface area contributed by atoms with Gasteiger partial charge >= 0.3 is 0 Å². The molecule has 26 heavy (non-hydrogen) atoms. The van der Waals surface area contributed by atoms with Crippen molar-refractivity contribution in [3.63, 3.8) is 0 Å². The van der Waals surface area contributed by atoms with Gasteiger partial charge in [0.2, 0.25) is 0 Å². The fraction of sp³-hybridized carbons (Fsp3) is 0.571. The highest BCUT2D eigenvalue weighted by atomic mass is 19.1. The summed E-state index contributed by atoms with van der Waals surface area (Å²) in [6.45, 7) is 8.34. The van der Waals surface area contributed by atoms with Gasteiger partial charge in [0.05, 0.1) is 6.20 Å². The minimum atomic E-state index is -0.0766. The molecule has 3 heterocycles. The molecule has 0 saturated carbocycles. The van der Waals surface area contributed by atoms with Crippen LogP contribution in [-0.2, 0) is 20.1 Å². The normalized spacial score (nSPS) is 24.6. The van der Waals surface area contributed by atoms with Crippen molar-refractivity contribution in [2.75, 3.05) is 26.2 Å². The quantitative estimate of drug-likeness (QED) is 0.840. The number of hydrogen-bond acceptors (Lipinski definition) is 3. The van der Waals surface area contributed by atoms with Crippen molar-refractivity contribution in [1.82, 2.24) is 19.6 Å². The molecule has 0 N–H and O–H groups in total. The van der Waals surface area contributed by atoms with E-state index in [1.165, 1.54) is 30.5 Å². The average molecular weight is 356 g/mol. The number of hydrogen-bond donors (Lipinski definition) is 0. The highest BCUT2D eigenvalue weighted by Gasteiger charge is 2.41. The first-order valence-corrected chi connectivity index (χ1v) is 9.70. The highest BCUT2D eigenvalue weighted by molar-refractivity contribution is 5.18. The molecule has 1 unspecified atom stereocenters. The van der Waals surface area contributed by atoms with E-state index in [1.807, 2.05) is 30.1 Å². The Balaban J connectivity index is 1.39. The van der Waals surface area contributed by atoms with E-state index in [0.29, 0.717) is 5.41 Å². The highest BCUT2D eigenvalue weighted by Crippen LogP contribution is 2.40. The maximum atomic E-state index is 14.0. The van der Waals surface area contributed by atoms with Crippen LogP contribution < -0.4 is 0 Å². The van der Waals surface area contributed by atoms with Crippen LogP contribution in [0.5, 0.6) is 0 Å². The second-order valence-corrected chi connectivity index (χ2v) is 8.25. The number of rotatable bonds is 4. The van der Waals surface area contributed by atoms with Crippen LogP contribution in [0.2, 0.25) is 0 Å².